The van der Waals surface area contributed by atoms with Crippen LogP contribution in [0.2, 0.25) is 0 Å². The second-order valence-corrected chi connectivity index (χ2v) is 7.88. The van der Waals surface area contributed by atoms with Gasteiger partial charge in [-0.05, 0) is 6.92 Å². The fourth-order valence-electron chi connectivity index (χ4n) is 3.17. The van der Waals surface area contributed by atoms with E-state index in [0.717, 1.165) is 22.6 Å². The second-order valence-electron chi connectivity index (χ2n) is 6.59. The van der Waals surface area contributed by atoms with E-state index in [4.69, 9.17) is 14.1 Å². The Morgan fingerprint density at radius 2 is 1.61 bits per heavy atom. The van der Waals surface area contributed by atoms with Crippen LogP contribution in [0.15, 0.2) is 70.3 Å². The highest BCUT2D eigenvalue weighted by atomic mass is 32.2. The van der Waals surface area contributed by atoms with Gasteiger partial charge in [0.15, 0.2) is 5.76 Å². The molecule has 1 atom stereocenters. The number of thioether (sulfide) groups is 1. The number of benzene rings is 2. The number of ether oxygens (including phenoxy) is 1. The second kappa shape index (κ2) is 8.63. The topological polar surface area (TPSA) is 55.6 Å². The molecule has 0 aliphatic carbocycles. The number of oxazole rings is 1. The zero-order chi connectivity index (χ0) is 19.3. The summed E-state index contributed by atoms with van der Waals surface area (Å²) in [7, 11) is 0. The molecule has 1 aromatic heterocycles. The zero-order valence-corrected chi connectivity index (χ0v) is 16.5. The quantitative estimate of drug-likeness (QED) is 0.602. The standard InChI is InChI=1S/C22H22N2O3S/c1-16(21(25)24-12-14-26-15-13-24)28-22-23-19(17-8-4-2-5-9-17)20(27-22)18-10-6-3-7-11-18/h2-11,16H,12-15H2,1H3. The van der Waals surface area contributed by atoms with E-state index in [-0.39, 0.29) is 11.2 Å². The molecule has 1 aliphatic heterocycles. The Kier molecular flexibility index (Phi) is 5.78. The van der Waals surface area contributed by atoms with Crippen LogP contribution in [0.3, 0.4) is 0 Å². The first-order valence-corrected chi connectivity index (χ1v) is 10.2. The van der Waals surface area contributed by atoms with Crippen LogP contribution in [-0.4, -0.2) is 47.3 Å². The average molecular weight is 394 g/mol. The number of hydrogen-bond donors (Lipinski definition) is 0. The van der Waals surface area contributed by atoms with Crippen molar-refractivity contribution in [1.82, 2.24) is 9.88 Å². The SMILES string of the molecule is CC(Sc1nc(-c2ccccc2)c(-c2ccccc2)o1)C(=O)N1CCOCC1. The molecule has 0 saturated carbocycles. The number of hydrogen-bond acceptors (Lipinski definition) is 5. The van der Waals surface area contributed by atoms with E-state index in [2.05, 4.69) is 0 Å². The van der Waals surface area contributed by atoms with Crippen molar-refractivity contribution >= 4 is 17.7 Å². The monoisotopic (exact) mass is 394 g/mol. The van der Waals surface area contributed by atoms with Crippen LogP contribution in [-0.2, 0) is 9.53 Å². The van der Waals surface area contributed by atoms with E-state index in [1.165, 1.54) is 11.8 Å². The molecular weight excluding hydrogens is 372 g/mol. The number of aromatic nitrogens is 1. The molecule has 1 saturated heterocycles. The number of amides is 1. The lowest BCUT2D eigenvalue weighted by molar-refractivity contribution is -0.134. The normalized spacial score (nSPS) is 15.4. The molecule has 0 spiro atoms. The molecule has 5 nitrogen and oxygen atoms in total. The summed E-state index contributed by atoms with van der Waals surface area (Å²) in [6, 6.07) is 19.9. The van der Waals surface area contributed by atoms with Crippen LogP contribution in [0.25, 0.3) is 22.6 Å². The van der Waals surface area contributed by atoms with E-state index in [0.29, 0.717) is 31.5 Å². The summed E-state index contributed by atoms with van der Waals surface area (Å²) < 4.78 is 11.5. The van der Waals surface area contributed by atoms with Gasteiger partial charge >= 0.3 is 0 Å². The van der Waals surface area contributed by atoms with Gasteiger partial charge in [0.25, 0.3) is 5.22 Å². The van der Waals surface area contributed by atoms with Gasteiger partial charge in [0.05, 0.1) is 18.5 Å². The highest BCUT2D eigenvalue weighted by Gasteiger charge is 2.26. The molecule has 1 unspecified atom stereocenters. The summed E-state index contributed by atoms with van der Waals surface area (Å²) in [6.45, 7) is 4.37. The highest BCUT2D eigenvalue weighted by Crippen LogP contribution is 2.36. The van der Waals surface area contributed by atoms with Gasteiger partial charge in [-0.2, -0.15) is 0 Å². The Balaban J connectivity index is 1.61. The van der Waals surface area contributed by atoms with Gasteiger partial charge in [0.2, 0.25) is 5.91 Å². The van der Waals surface area contributed by atoms with Crippen LogP contribution < -0.4 is 0 Å². The summed E-state index contributed by atoms with van der Waals surface area (Å²) in [6.07, 6.45) is 0. The fourth-order valence-corrected chi connectivity index (χ4v) is 4.00. The van der Waals surface area contributed by atoms with E-state index >= 15 is 0 Å². The number of nitrogens with zero attached hydrogens (tertiary/aromatic N) is 2. The Bertz CT molecular complexity index is 864. The van der Waals surface area contributed by atoms with Crippen molar-refractivity contribution in [3.05, 3.63) is 60.7 Å². The highest BCUT2D eigenvalue weighted by molar-refractivity contribution is 8.00. The maximum Gasteiger partial charge on any atom is 0.257 e. The van der Waals surface area contributed by atoms with Crippen molar-refractivity contribution < 1.29 is 13.9 Å². The molecule has 1 amide bonds. The third-order valence-electron chi connectivity index (χ3n) is 4.64. The molecule has 0 bridgehead atoms. The molecule has 1 aliphatic rings. The van der Waals surface area contributed by atoms with Crippen molar-refractivity contribution in [3.63, 3.8) is 0 Å². The molecule has 1 fully saturated rings. The van der Waals surface area contributed by atoms with Gasteiger partial charge in [-0.1, -0.05) is 72.4 Å². The number of carbonyl (C=O) groups excluding carboxylic acids is 1. The lowest BCUT2D eigenvalue weighted by Crippen LogP contribution is -2.44. The average Bonchev–Trinajstić information content (AvgIpc) is 3.19. The molecule has 0 radical (unpaired) electrons. The van der Waals surface area contributed by atoms with E-state index < -0.39 is 0 Å². The van der Waals surface area contributed by atoms with Crippen LogP contribution in [0.5, 0.6) is 0 Å². The van der Waals surface area contributed by atoms with Crippen molar-refractivity contribution in [2.24, 2.45) is 0 Å². The molecular formula is C22H22N2O3S. The third kappa shape index (κ3) is 4.13. The first-order chi connectivity index (χ1) is 13.7. The van der Waals surface area contributed by atoms with Crippen LogP contribution in [0, 0.1) is 0 Å². The van der Waals surface area contributed by atoms with Crippen molar-refractivity contribution in [2.75, 3.05) is 26.3 Å². The number of carbonyl (C=O) groups is 1. The lowest BCUT2D eigenvalue weighted by Gasteiger charge is -2.28. The van der Waals surface area contributed by atoms with Crippen molar-refractivity contribution in [2.45, 2.75) is 17.4 Å². The Hall–Kier alpha value is -2.57. The van der Waals surface area contributed by atoms with Gasteiger partial charge in [0, 0.05) is 24.2 Å². The summed E-state index contributed by atoms with van der Waals surface area (Å²) in [5.41, 5.74) is 2.75. The van der Waals surface area contributed by atoms with Gasteiger partial charge in [-0.3, -0.25) is 4.79 Å². The molecule has 0 N–H and O–H groups in total. The van der Waals surface area contributed by atoms with Crippen LogP contribution in [0.4, 0.5) is 0 Å². The Morgan fingerprint density at radius 3 is 2.25 bits per heavy atom. The van der Waals surface area contributed by atoms with Crippen molar-refractivity contribution in [3.8, 4) is 22.6 Å². The summed E-state index contributed by atoms with van der Waals surface area (Å²) in [5.74, 6) is 0.814. The largest absolute Gasteiger partial charge is 0.431 e. The van der Waals surface area contributed by atoms with E-state index in [1.807, 2.05) is 72.5 Å². The number of rotatable bonds is 5. The van der Waals surface area contributed by atoms with Gasteiger partial charge < -0.3 is 14.1 Å². The summed E-state index contributed by atoms with van der Waals surface area (Å²) in [5, 5.41) is 0.232. The summed E-state index contributed by atoms with van der Waals surface area (Å²) in [4.78, 5) is 19.3. The minimum absolute atomic E-state index is 0.0917. The third-order valence-corrected chi connectivity index (χ3v) is 5.57. The van der Waals surface area contributed by atoms with Gasteiger partial charge in [0.1, 0.15) is 5.69 Å². The maximum atomic E-state index is 12.7. The smallest absolute Gasteiger partial charge is 0.257 e. The molecule has 144 valence electrons. The molecule has 6 heteroatoms. The lowest BCUT2D eigenvalue weighted by atomic mass is 10.1. The van der Waals surface area contributed by atoms with E-state index in [9.17, 15) is 4.79 Å². The minimum Gasteiger partial charge on any atom is -0.431 e. The van der Waals surface area contributed by atoms with Crippen LogP contribution >= 0.6 is 11.8 Å². The molecule has 2 aromatic carbocycles. The molecule has 3 aromatic rings. The van der Waals surface area contributed by atoms with Crippen LogP contribution in [0.1, 0.15) is 6.92 Å². The molecule has 28 heavy (non-hydrogen) atoms. The first kappa shape index (κ1) is 18.8. The molecule has 4 rings (SSSR count). The summed E-state index contributed by atoms with van der Waals surface area (Å²) >= 11 is 1.36. The predicted octanol–water partition coefficient (Wildman–Crippen LogP) is 4.35. The Labute approximate surface area is 168 Å². The predicted molar refractivity (Wildman–Crippen MR) is 110 cm³/mol. The van der Waals surface area contributed by atoms with Gasteiger partial charge in [-0.15, -0.1) is 0 Å². The number of morpholine rings is 1. The molecule has 2 heterocycles. The fraction of sp³-hybridized carbons (Fsp3) is 0.273. The van der Waals surface area contributed by atoms with Crippen molar-refractivity contribution in [1.29, 1.82) is 0 Å². The van der Waals surface area contributed by atoms with E-state index in [1.54, 1.807) is 0 Å². The maximum absolute atomic E-state index is 12.7. The van der Waals surface area contributed by atoms with Gasteiger partial charge in [-0.25, -0.2) is 4.98 Å². The first-order valence-electron chi connectivity index (χ1n) is 9.37. The Morgan fingerprint density at radius 1 is 1.00 bits per heavy atom. The zero-order valence-electron chi connectivity index (χ0n) is 15.7. The minimum atomic E-state index is -0.274.